The van der Waals surface area contributed by atoms with Gasteiger partial charge in [0.25, 0.3) is 0 Å². The Morgan fingerprint density at radius 3 is 0.860 bits per heavy atom. The Labute approximate surface area is 355 Å². The highest BCUT2D eigenvalue weighted by Gasteiger charge is 2.19. The van der Waals surface area contributed by atoms with Crippen molar-refractivity contribution in [3.63, 3.8) is 0 Å². The molecule has 0 N–H and O–H groups in total. The van der Waals surface area contributed by atoms with E-state index in [2.05, 4.69) is 34.6 Å². The lowest BCUT2D eigenvalue weighted by atomic mass is 10.0. The molecule has 0 unspecified atom stereocenters. The first-order valence-corrected chi connectivity index (χ1v) is 25.2. The van der Waals surface area contributed by atoms with Gasteiger partial charge in [-0.2, -0.15) is 0 Å². The zero-order valence-corrected chi connectivity index (χ0v) is 39.0. The number of hydrogen-bond donors (Lipinski definition) is 0. The molecule has 0 saturated carbocycles. The molecule has 6 nitrogen and oxygen atoms in total. The molecular weight excluding hydrogens is 709 g/mol. The lowest BCUT2D eigenvalue weighted by molar-refractivity contribution is -0.167. The van der Waals surface area contributed by atoms with E-state index >= 15 is 0 Å². The molecule has 0 rings (SSSR count). The minimum Gasteiger partial charge on any atom is -0.462 e. The van der Waals surface area contributed by atoms with Crippen LogP contribution in [-0.2, 0) is 28.6 Å². The van der Waals surface area contributed by atoms with Crippen LogP contribution in [0, 0.1) is 11.8 Å². The van der Waals surface area contributed by atoms with E-state index in [0.717, 1.165) is 69.6 Å². The highest BCUT2D eigenvalue weighted by molar-refractivity contribution is 5.71. The molecule has 1 atom stereocenters. The first-order chi connectivity index (χ1) is 27.7. The summed E-state index contributed by atoms with van der Waals surface area (Å²) < 4.78 is 16.8. The molecule has 0 aliphatic carbocycles. The van der Waals surface area contributed by atoms with Crippen LogP contribution in [0.25, 0.3) is 0 Å². The molecule has 0 bridgehead atoms. The Hall–Kier alpha value is -1.59. The van der Waals surface area contributed by atoms with Crippen LogP contribution < -0.4 is 0 Å². The van der Waals surface area contributed by atoms with Gasteiger partial charge in [0.05, 0.1) is 0 Å². The second-order valence-corrected chi connectivity index (χ2v) is 18.4. The van der Waals surface area contributed by atoms with Crippen molar-refractivity contribution in [2.75, 3.05) is 13.2 Å². The maximum atomic E-state index is 12.7. The van der Waals surface area contributed by atoms with E-state index in [9.17, 15) is 14.4 Å². The van der Waals surface area contributed by atoms with Gasteiger partial charge in [0.2, 0.25) is 0 Å². The van der Waals surface area contributed by atoms with Gasteiger partial charge in [-0.1, -0.05) is 240 Å². The average molecular weight is 807 g/mol. The van der Waals surface area contributed by atoms with Gasteiger partial charge >= 0.3 is 17.9 Å². The van der Waals surface area contributed by atoms with Gasteiger partial charge in [0.1, 0.15) is 13.2 Å². The Morgan fingerprint density at radius 2 is 0.579 bits per heavy atom. The number of rotatable bonds is 45. The number of esters is 3. The third kappa shape index (κ3) is 45.3. The van der Waals surface area contributed by atoms with Crippen molar-refractivity contribution < 1.29 is 28.6 Å². The Kier molecular flexibility index (Phi) is 42.7. The summed E-state index contributed by atoms with van der Waals surface area (Å²) in [6.07, 6.45) is 43.9. The highest BCUT2D eigenvalue weighted by atomic mass is 16.6. The molecule has 0 fully saturated rings. The van der Waals surface area contributed by atoms with Crippen LogP contribution in [0.1, 0.15) is 279 Å². The van der Waals surface area contributed by atoms with Crippen molar-refractivity contribution in [2.45, 2.75) is 285 Å². The van der Waals surface area contributed by atoms with Gasteiger partial charge in [-0.05, 0) is 31.1 Å². The monoisotopic (exact) mass is 807 g/mol. The Bertz CT molecular complexity index is 870. The average Bonchev–Trinajstić information content (AvgIpc) is 3.18. The van der Waals surface area contributed by atoms with E-state index in [0.29, 0.717) is 19.3 Å². The summed E-state index contributed by atoms with van der Waals surface area (Å²) in [5.41, 5.74) is 0. The van der Waals surface area contributed by atoms with Crippen molar-refractivity contribution in [3.05, 3.63) is 0 Å². The SMILES string of the molecule is CCCCCCCCCCCCCCCCCCC(=O)OC[C@H](COC(=O)CCCCCCCCCCCCCC(C)C)OC(=O)CCCCCCCCC(C)C. The molecule has 0 aliphatic rings. The fourth-order valence-corrected chi connectivity index (χ4v) is 7.64. The summed E-state index contributed by atoms with van der Waals surface area (Å²) >= 11 is 0. The van der Waals surface area contributed by atoms with E-state index in [-0.39, 0.29) is 31.1 Å². The highest BCUT2D eigenvalue weighted by Crippen LogP contribution is 2.17. The summed E-state index contributed by atoms with van der Waals surface area (Å²) in [7, 11) is 0. The Morgan fingerprint density at radius 1 is 0.333 bits per heavy atom. The fourth-order valence-electron chi connectivity index (χ4n) is 7.64. The molecule has 338 valence electrons. The molecule has 0 aromatic rings. The maximum Gasteiger partial charge on any atom is 0.306 e. The molecule has 0 heterocycles. The van der Waals surface area contributed by atoms with E-state index in [1.807, 2.05) is 0 Å². The van der Waals surface area contributed by atoms with Crippen LogP contribution in [0.15, 0.2) is 0 Å². The summed E-state index contributed by atoms with van der Waals surface area (Å²) in [4.78, 5) is 37.8. The van der Waals surface area contributed by atoms with Gasteiger partial charge in [-0.3, -0.25) is 14.4 Å². The molecule has 6 heteroatoms. The summed E-state index contributed by atoms with van der Waals surface area (Å²) in [6, 6.07) is 0. The van der Waals surface area contributed by atoms with Gasteiger partial charge in [-0.15, -0.1) is 0 Å². The van der Waals surface area contributed by atoms with Crippen LogP contribution in [0.3, 0.4) is 0 Å². The van der Waals surface area contributed by atoms with E-state index in [1.54, 1.807) is 0 Å². The molecular formula is C51H98O6. The lowest BCUT2D eigenvalue weighted by Gasteiger charge is -2.18. The van der Waals surface area contributed by atoms with Crippen LogP contribution in [0.5, 0.6) is 0 Å². The standard InChI is InChI=1S/C51H98O6/c1-6-7-8-9-10-11-12-13-14-15-16-19-22-25-31-36-41-49(52)55-44-48(57-51(54)43-38-33-28-27-30-35-40-47(4)5)45-56-50(53)42-37-32-26-23-20-17-18-21-24-29-34-39-46(2)3/h46-48H,6-45H2,1-5H3/t48-/m1/s1. The fraction of sp³-hybridized carbons (Fsp3) is 0.941. The summed E-state index contributed by atoms with van der Waals surface area (Å²) in [6.45, 7) is 11.3. The summed E-state index contributed by atoms with van der Waals surface area (Å²) in [5.74, 6) is 0.730. The lowest BCUT2D eigenvalue weighted by Crippen LogP contribution is -2.30. The third-order valence-electron chi connectivity index (χ3n) is 11.5. The number of carbonyl (C=O) groups is 3. The van der Waals surface area contributed by atoms with Crippen LogP contribution in [0.2, 0.25) is 0 Å². The van der Waals surface area contributed by atoms with Gasteiger partial charge in [0.15, 0.2) is 6.10 Å². The minimum absolute atomic E-state index is 0.0650. The van der Waals surface area contributed by atoms with Crippen molar-refractivity contribution in [1.29, 1.82) is 0 Å². The van der Waals surface area contributed by atoms with Gasteiger partial charge in [0, 0.05) is 19.3 Å². The maximum absolute atomic E-state index is 12.7. The molecule has 0 radical (unpaired) electrons. The minimum atomic E-state index is -0.762. The van der Waals surface area contributed by atoms with Crippen LogP contribution in [-0.4, -0.2) is 37.2 Å². The second-order valence-electron chi connectivity index (χ2n) is 18.4. The topological polar surface area (TPSA) is 78.9 Å². The van der Waals surface area contributed by atoms with Crippen LogP contribution in [0.4, 0.5) is 0 Å². The molecule has 0 aliphatic heterocycles. The van der Waals surface area contributed by atoms with Crippen LogP contribution >= 0.6 is 0 Å². The number of ether oxygens (including phenoxy) is 3. The van der Waals surface area contributed by atoms with Crippen molar-refractivity contribution in [3.8, 4) is 0 Å². The number of carbonyl (C=O) groups excluding carboxylic acids is 3. The quantitative estimate of drug-likeness (QED) is 0.0346. The van der Waals surface area contributed by atoms with E-state index < -0.39 is 6.10 Å². The second kappa shape index (κ2) is 44.0. The number of hydrogen-bond acceptors (Lipinski definition) is 6. The normalized spacial score (nSPS) is 12.1. The van der Waals surface area contributed by atoms with E-state index in [1.165, 1.54) is 167 Å². The molecule has 0 saturated heterocycles. The third-order valence-corrected chi connectivity index (χ3v) is 11.5. The van der Waals surface area contributed by atoms with Crippen molar-refractivity contribution in [2.24, 2.45) is 11.8 Å². The van der Waals surface area contributed by atoms with Gasteiger partial charge in [-0.25, -0.2) is 0 Å². The predicted octanol–water partition coefficient (Wildman–Crippen LogP) is 16.1. The van der Waals surface area contributed by atoms with Crippen molar-refractivity contribution >= 4 is 17.9 Å². The Balaban J connectivity index is 4.25. The molecule has 57 heavy (non-hydrogen) atoms. The smallest absolute Gasteiger partial charge is 0.306 e. The molecule has 0 aromatic carbocycles. The first-order valence-electron chi connectivity index (χ1n) is 25.2. The zero-order valence-electron chi connectivity index (χ0n) is 39.0. The molecule has 0 aromatic heterocycles. The van der Waals surface area contributed by atoms with Crippen molar-refractivity contribution in [1.82, 2.24) is 0 Å². The summed E-state index contributed by atoms with van der Waals surface area (Å²) in [5, 5.41) is 0. The zero-order chi connectivity index (χ0) is 41.9. The van der Waals surface area contributed by atoms with Gasteiger partial charge < -0.3 is 14.2 Å². The molecule has 0 spiro atoms. The van der Waals surface area contributed by atoms with E-state index in [4.69, 9.17) is 14.2 Å². The molecule has 0 amide bonds. The largest absolute Gasteiger partial charge is 0.462 e. The first kappa shape index (κ1) is 55.4. The number of unbranched alkanes of at least 4 members (excludes halogenated alkanes) is 30. The predicted molar refractivity (Wildman–Crippen MR) is 243 cm³/mol.